The fourth-order valence-corrected chi connectivity index (χ4v) is 3.03. The molecule has 2 aliphatic carbocycles. The van der Waals surface area contributed by atoms with Crippen LogP contribution in [0.25, 0.3) is 0 Å². The number of rotatable bonds is 1. The van der Waals surface area contributed by atoms with E-state index in [9.17, 15) is 0 Å². The van der Waals surface area contributed by atoms with Crippen molar-refractivity contribution in [3.05, 3.63) is 35.5 Å². The van der Waals surface area contributed by atoms with E-state index in [1.165, 1.54) is 37.7 Å². The highest BCUT2D eigenvalue weighted by molar-refractivity contribution is 5.20. The average molecular weight is 202 g/mol. The van der Waals surface area contributed by atoms with Gasteiger partial charge in [0.05, 0.1) is 0 Å². The van der Waals surface area contributed by atoms with Gasteiger partial charge < -0.3 is 0 Å². The molecule has 0 aromatic rings. The van der Waals surface area contributed by atoms with Gasteiger partial charge in [-0.2, -0.15) is 0 Å². The highest BCUT2D eigenvalue weighted by Crippen LogP contribution is 2.40. The predicted octanol–water partition coefficient (Wildman–Crippen LogP) is 4.65. The largest absolute Gasteiger partial charge is 0.0998 e. The Balaban J connectivity index is 2.22. The highest BCUT2D eigenvalue weighted by Gasteiger charge is 2.26. The molecule has 0 aromatic carbocycles. The van der Waals surface area contributed by atoms with E-state index in [2.05, 4.69) is 32.6 Å². The lowest BCUT2D eigenvalue weighted by atomic mass is 9.72. The Labute approximate surface area is 93.8 Å². The van der Waals surface area contributed by atoms with E-state index in [1.807, 2.05) is 0 Å². The Kier molecular flexibility index (Phi) is 3.14. The van der Waals surface area contributed by atoms with Crippen LogP contribution in [0.5, 0.6) is 0 Å². The maximum atomic E-state index is 4.16. The fraction of sp³-hybridized carbons (Fsp3) is 0.600. The lowest BCUT2D eigenvalue weighted by Crippen LogP contribution is -2.21. The first-order valence-electron chi connectivity index (χ1n) is 6.17. The standard InChI is InChI=1S/C15H22/c1-11(2)15-8-7-13-6-4-5-12(3)9-14(15)10-13/h6,9,14-15H,1,4-5,7-8,10H2,2-3H3/b12-9-,13-6-/t14-,15-/m1/s1. The lowest BCUT2D eigenvalue weighted by Gasteiger charge is -2.33. The molecule has 1 fully saturated rings. The van der Waals surface area contributed by atoms with Crippen molar-refractivity contribution in [2.75, 3.05) is 0 Å². The summed E-state index contributed by atoms with van der Waals surface area (Å²) in [6.45, 7) is 8.63. The number of allylic oxidation sites excluding steroid dienone is 5. The second-order valence-electron chi connectivity index (χ2n) is 5.27. The van der Waals surface area contributed by atoms with Crippen LogP contribution < -0.4 is 0 Å². The molecule has 0 radical (unpaired) electrons. The summed E-state index contributed by atoms with van der Waals surface area (Å²) in [7, 11) is 0. The summed E-state index contributed by atoms with van der Waals surface area (Å²) in [6.07, 6.45) is 11.4. The van der Waals surface area contributed by atoms with E-state index in [0.29, 0.717) is 0 Å². The second-order valence-corrected chi connectivity index (χ2v) is 5.27. The molecule has 0 heterocycles. The Hall–Kier alpha value is -0.780. The van der Waals surface area contributed by atoms with Crippen LogP contribution in [0.1, 0.15) is 46.0 Å². The van der Waals surface area contributed by atoms with Crippen LogP contribution >= 0.6 is 0 Å². The zero-order valence-electron chi connectivity index (χ0n) is 10.1. The zero-order valence-corrected chi connectivity index (χ0v) is 10.1. The van der Waals surface area contributed by atoms with Crippen LogP contribution in [-0.4, -0.2) is 0 Å². The maximum Gasteiger partial charge on any atom is -0.0128 e. The van der Waals surface area contributed by atoms with E-state index >= 15 is 0 Å². The molecular weight excluding hydrogens is 180 g/mol. The van der Waals surface area contributed by atoms with Gasteiger partial charge in [0, 0.05) is 0 Å². The number of hydrogen-bond acceptors (Lipinski definition) is 0. The summed E-state index contributed by atoms with van der Waals surface area (Å²) in [5, 5.41) is 0. The van der Waals surface area contributed by atoms with Crippen molar-refractivity contribution in [1.29, 1.82) is 0 Å². The Morgan fingerprint density at radius 2 is 2.20 bits per heavy atom. The molecule has 2 aliphatic rings. The maximum absolute atomic E-state index is 4.16. The first-order valence-corrected chi connectivity index (χ1v) is 6.17. The molecule has 0 aromatic heterocycles. The molecule has 0 spiro atoms. The van der Waals surface area contributed by atoms with Crippen LogP contribution in [0, 0.1) is 11.8 Å². The molecular formula is C15H22. The van der Waals surface area contributed by atoms with Crippen molar-refractivity contribution >= 4 is 0 Å². The van der Waals surface area contributed by atoms with Crippen molar-refractivity contribution < 1.29 is 0 Å². The molecule has 2 atom stereocenters. The monoisotopic (exact) mass is 202 g/mol. The van der Waals surface area contributed by atoms with Crippen LogP contribution in [0.3, 0.4) is 0 Å². The number of fused-ring (bicyclic) bond motifs is 2. The van der Waals surface area contributed by atoms with Crippen LogP contribution in [0.2, 0.25) is 0 Å². The summed E-state index contributed by atoms with van der Waals surface area (Å²) in [4.78, 5) is 0. The van der Waals surface area contributed by atoms with Gasteiger partial charge in [-0.15, -0.1) is 0 Å². The van der Waals surface area contributed by atoms with Crippen LogP contribution in [0.4, 0.5) is 0 Å². The Bertz CT molecular complexity index is 317. The molecule has 1 saturated carbocycles. The molecule has 0 unspecified atom stereocenters. The van der Waals surface area contributed by atoms with Gasteiger partial charge in [0.2, 0.25) is 0 Å². The number of hydrogen-bond donors (Lipinski definition) is 0. The molecule has 0 saturated heterocycles. The van der Waals surface area contributed by atoms with Gasteiger partial charge in [-0.3, -0.25) is 0 Å². The van der Waals surface area contributed by atoms with Crippen LogP contribution in [0.15, 0.2) is 35.5 Å². The summed E-state index contributed by atoms with van der Waals surface area (Å²) in [5.74, 6) is 1.47. The van der Waals surface area contributed by atoms with Gasteiger partial charge >= 0.3 is 0 Å². The van der Waals surface area contributed by atoms with Crippen molar-refractivity contribution in [3.8, 4) is 0 Å². The minimum Gasteiger partial charge on any atom is -0.0998 e. The molecule has 82 valence electrons. The van der Waals surface area contributed by atoms with Gasteiger partial charge in [0.25, 0.3) is 0 Å². The third-order valence-electron chi connectivity index (χ3n) is 3.89. The van der Waals surface area contributed by atoms with E-state index in [-0.39, 0.29) is 0 Å². The van der Waals surface area contributed by atoms with Crippen molar-refractivity contribution in [1.82, 2.24) is 0 Å². The minimum atomic E-state index is 0.732. The summed E-state index contributed by atoms with van der Waals surface area (Å²) < 4.78 is 0. The average Bonchev–Trinajstić information content (AvgIpc) is 2.15. The highest BCUT2D eigenvalue weighted by atomic mass is 14.3. The summed E-state index contributed by atoms with van der Waals surface area (Å²) in [5.41, 5.74) is 4.65. The third kappa shape index (κ3) is 2.42. The first kappa shape index (κ1) is 10.7. The van der Waals surface area contributed by atoms with E-state index in [0.717, 1.165) is 11.8 Å². The lowest BCUT2D eigenvalue weighted by molar-refractivity contribution is 0.372. The Morgan fingerprint density at radius 3 is 2.93 bits per heavy atom. The molecule has 15 heavy (non-hydrogen) atoms. The fourth-order valence-electron chi connectivity index (χ4n) is 3.03. The van der Waals surface area contributed by atoms with E-state index in [1.54, 1.807) is 11.1 Å². The van der Waals surface area contributed by atoms with Gasteiger partial charge in [0.15, 0.2) is 0 Å². The van der Waals surface area contributed by atoms with Gasteiger partial charge in [-0.25, -0.2) is 0 Å². The molecule has 0 amide bonds. The van der Waals surface area contributed by atoms with Crippen LogP contribution in [-0.2, 0) is 0 Å². The van der Waals surface area contributed by atoms with Crippen molar-refractivity contribution in [3.63, 3.8) is 0 Å². The van der Waals surface area contributed by atoms with Gasteiger partial charge in [-0.1, -0.05) is 35.5 Å². The topological polar surface area (TPSA) is 0 Å². The molecule has 2 bridgehead atoms. The molecule has 0 nitrogen and oxygen atoms in total. The van der Waals surface area contributed by atoms with Crippen molar-refractivity contribution in [2.24, 2.45) is 11.8 Å². The molecule has 0 aliphatic heterocycles. The predicted molar refractivity (Wildman–Crippen MR) is 66.7 cm³/mol. The second kappa shape index (κ2) is 4.38. The molecule has 0 heteroatoms. The Morgan fingerprint density at radius 1 is 1.40 bits per heavy atom. The first-order chi connectivity index (χ1) is 7.16. The van der Waals surface area contributed by atoms with E-state index < -0.39 is 0 Å². The molecule has 2 rings (SSSR count). The minimum absolute atomic E-state index is 0.732. The summed E-state index contributed by atoms with van der Waals surface area (Å²) >= 11 is 0. The van der Waals surface area contributed by atoms with Gasteiger partial charge in [-0.05, 0) is 57.8 Å². The smallest absolute Gasteiger partial charge is 0.0128 e. The molecule has 0 N–H and O–H groups in total. The normalized spacial score (nSPS) is 38.0. The van der Waals surface area contributed by atoms with Gasteiger partial charge in [0.1, 0.15) is 0 Å². The van der Waals surface area contributed by atoms with Crippen molar-refractivity contribution in [2.45, 2.75) is 46.0 Å². The quantitative estimate of drug-likeness (QED) is 0.543. The SMILES string of the molecule is C=C(C)[C@H]1CC/C2=C/CC/C(C)=C\[C@@H]1C2. The summed E-state index contributed by atoms with van der Waals surface area (Å²) in [6, 6.07) is 0. The van der Waals surface area contributed by atoms with E-state index in [4.69, 9.17) is 0 Å². The zero-order chi connectivity index (χ0) is 10.8. The third-order valence-corrected chi connectivity index (χ3v) is 3.89.